The van der Waals surface area contributed by atoms with Crippen molar-refractivity contribution in [1.82, 2.24) is 15.1 Å². The number of aromatic nitrogens is 2. The molecule has 92 valence electrons. The first-order valence-corrected chi connectivity index (χ1v) is 5.89. The third-order valence-electron chi connectivity index (χ3n) is 2.83. The molecule has 1 aromatic carbocycles. The molecule has 0 aliphatic rings. The number of hydrogen-bond donors (Lipinski definition) is 1. The van der Waals surface area contributed by atoms with Gasteiger partial charge in [-0.05, 0) is 20.0 Å². The first-order valence-electron chi connectivity index (χ1n) is 5.89. The summed E-state index contributed by atoms with van der Waals surface area (Å²) in [5, 5.41) is 8.76. The maximum Gasteiger partial charge on any atom is 0.0960 e. The van der Waals surface area contributed by atoms with Crippen molar-refractivity contribution in [2.45, 2.75) is 19.6 Å². The van der Waals surface area contributed by atoms with E-state index in [1.54, 1.807) is 0 Å². The van der Waals surface area contributed by atoms with Gasteiger partial charge in [-0.25, -0.2) is 0 Å². The van der Waals surface area contributed by atoms with E-state index in [9.17, 15) is 0 Å². The maximum atomic E-state index is 5.75. The summed E-state index contributed by atoms with van der Waals surface area (Å²) in [5.41, 5.74) is 2.15. The molecule has 0 saturated carbocycles. The summed E-state index contributed by atoms with van der Waals surface area (Å²) in [5.74, 6) is 0. The van der Waals surface area contributed by atoms with Gasteiger partial charge in [0, 0.05) is 19.0 Å². The monoisotopic (exact) mass is 233 g/mol. The van der Waals surface area contributed by atoms with E-state index in [-0.39, 0.29) is 6.10 Å². The van der Waals surface area contributed by atoms with Gasteiger partial charge >= 0.3 is 0 Å². The SMILES string of the molecule is CNCC(C)OCc1nn(C)c2ccccc12. The molecular formula is C13H19N3O. The molecule has 0 fully saturated rings. The van der Waals surface area contributed by atoms with Crippen LogP contribution in [0.1, 0.15) is 12.6 Å². The van der Waals surface area contributed by atoms with Crippen molar-refractivity contribution in [3.05, 3.63) is 30.0 Å². The first-order chi connectivity index (χ1) is 8.22. The molecule has 0 spiro atoms. The summed E-state index contributed by atoms with van der Waals surface area (Å²) < 4.78 is 7.65. The molecule has 2 rings (SSSR count). The van der Waals surface area contributed by atoms with Crippen molar-refractivity contribution in [2.24, 2.45) is 7.05 Å². The molecule has 1 atom stereocenters. The maximum absolute atomic E-state index is 5.75. The number of benzene rings is 1. The molecule has 0 amide bonds. The molecule has 0 radical (unpaired) electrons. The van der Waals surface area contributed by atoms with Gasteiger partial charge in [0.1, 0.15) is 0 Å². The predicted molar refractivity (Wildman–Crippen MR) is 68.9 cm³/mol. The van der Waals surface area contributed by atoms with Crippen LogP contribution in [-0.2, 0) is 18.4 Å². The number of fused-ring (bicyclic) bond motifs is 1. The van der Waals surface area contributed by atoms with Crippen LogP contribution >= 0.6 is 0 Å². The third-order valence-corrected chi connectivity index (χ3v) is 2.83. The van der Waals surface area contributed by atoms with Crippen molar-refractivity contribution in [2.75, 3.05) is 13.6 Å². The average molecular weight is 233 g/mol. The van der Waals surface area contributed by atoms with Crippen LogP contribution in [0.3, 0.4) is 0 Å². The number of rotatable bonds is 5. The second kappa shape index (κ2) is 5.29. The van der Waals surface area contributed by atoms with Gasteiger partial charge in [0.2, 0.25) is 0 Å². The molecule has 1 unspecified atom stereocenters. The lowest BCUT2D eigenvalue weighted by molar-refractivity contribution is 0.0529. The third kappa shape index (κ3) is 2.65. The fourth-order valence-corrected chi connectivity index (χ4v) is 1.96. The zero-order chi connectivity index (χ0) is 12.3. The van der Waals surface area contributed by atoms with Gasteiger partial charge in [0.05, 0.1) is 23.9 Å². The number of hydrogen-bond acceptors (Lipinski definition) is 3. The Balaban J connectivity index is 2.13. The van der Waals surface area contributed by atoms with E-state index in [4.69, 9.17) is 4.74 Å². The first kappa shape index (κ1) is 12.1. The van der Waals surface area contributed by atoms with E-state index < -0.39 is 0 Å². The molecule has 1 N–H and O–H groups in total. The predicted octanol–water partition coefficient (Wildman–Crippen LogP) is 1.70. The fraction of sp³-hybridized carbons (Fsp3) is 0.462. The highest BCUT2D eigenvalue weighted by atomic mass is 16.5. The minimum absolute atomic E-state index is 0.195. The van der Waals surface area contributed by atoms with Crippen LogP contribution < -0.4 is 5.32 Å². The molecule has 1 heterocycles. The summed E-state index contributed by atoms with van der Waals surface area (Å²) in [6.07, 6.45) is 0.195. The number of nitrogens with one attached hydrogen (secondary N) is 1. The molecular weight excluding hydrogens is 214 g/mol. The van der Waals surface area contributed by atoms with Crippen LogP contribution in [0.4, 0.5) is 0 Å². The van der Waals surface area contributed by atoms with E-state index in [0.717, 1.165) is 17.8 Å². The van der Waals surface area contributed by atoms with Crippen molar-refractivity contribution < 1.29 is 4.74 Å². The van der Waals surface area contributed by atoms with Crippen LogP contribution in [0, 0.1) is 0 Å². The fourth-order valence-electron chi connectivity index (χ4n) is 1.96. The van der Waals surface area contributed by atoms with Crippen molar-refractivity contribution in [1.29, 1.82) is 0 Å². The summed E-state index contributed by atoms with van der Waals surface area (Å²) in [7, 11) is 3.89. The van der Waals surface area contributed by atoms with E-state index in [1.165, 1.54) is 5.39 Å². The van der Waals surface area contributed by atoms with Gasteiger partial charge in [-0.2, -0.15) is 5.10 Å². The molecule has 2 aromatic rings. The summed E-state index contributed by atoms with van der Waals surface area (Å²) in [4.78, 5) is 0. The Kier molecular flexibility index (Phi) is 3.76. The number of para-hydroxylation sites is 1. The van der Waals surface area contributed by atoms with E-state index in [0.29, 0.717) is 6.61 Å². The lowest BCUT2D eigenvalue weighted by Gasteiger charge is -2.11. The molecule has 17 heavy (non-hydrogen) atoms. The minimum Gasteiger partial charge on any atom is -0.371 e. The summed E-state index contributed by atoms with van der Waals surface area (Å²) in [6.45, 7) is 3.47. The number of likely N-dealkylation sites (N-methyl/N-ethyl adjacent to an activating group) is 1. The topological polar surface area (TPSA) is 39.1 Å². The number of ether oxygens (including phenoxy) is 1. The zero-order valence-corrected chi connectivity index (χ0v) is 10.6. The van der Waals surface area contributed by atoms with E-state index in [2.05, 4.69) is 29.5 Å². The molecule has 0 bridgehead atoms. The Morgan fingerprint density at radius 2 is 2.18 bits per heavy atom. The number of aryl methyl sites for hydroxylation is 1. The summed E-state index contributed by atoms with van der Waals surface area (Å²) >= 11 is 0. The molecule has 4 heteroatoms. The molecule has 4 nitrogen and oxygen atoms in total. The van der Waals surface area contributed by atoms with Crippen molar-refractivity contribution in [3.63, 3.8) is 0 Å². The van der Waals surface area contributed by atoms with Crippen LogP contribution in [-0.4, -0.2) is 29.5 Å². The van der Waals surface area contributed by atoms with Crippen LogP contribution in [0.5, 0.6) is 0 Å². The van der Waals surface area contributed by atoms with Gasteiger partial charge in [-0.15, -0.1) is 0 Å². The second-order valence-corrected chi connectivity index (χ2v) is 4.27. The lowest BCUT2D eigenvalue weighted by Crippen LogP contribution is -2.23. The Morgan fingerprint density at radius 1 is 1.41 bits per heavy atom. The normalized spacial score (nSPS) is 13.1. The zero-order valence-electron chi connectivity index (χ0n) is 10.6. The second-order valence-electron chi connectivity index (χ2n) is 4.27. The minimum atomic E-state index is 0.195. The van der Waals surface area contributed by atoms with Crippen LogP contribution in [0.15, 0.2) is 24.3 Å². The Hall–Kier alpha value is -1.39. The molecule has 0 saturated heterocycles. The molecule has 0 aliphatic carbocycles. The van der Waals surface area contributed by atoms with Crippen LogP contribution in [0.2, 0.25) is 0 Å². The Bertz CT molecular complexity index is 492. The van der Waals surface area contributed by atoms with Crippen molar-refractivity contribution >= 4 is 10.9 Å². The molecule has 1 aromatic heterocycles. The molecule has 0 aliphatic heterocycles. The van der Waals surface area contributed by atoms with Gasteiger partial charge in [0.15, 0.2) is 0 Å². The quantitative estimate of drug-likeness (QED) is 0.854. The van der Waals surface area contributed by atoms with E-state index in [1.807, 2.05) is 30.9 Å². The average Bonchev–Trinajstić information content (AvgIpc) is 2.65. The smallest absolute Gasteiger partial charge is 0.0960 e. The van der Waals surface area contributed by atoms with E-state index >= 15 is 0 Å². The van der Waals surface area contributed by atoms with Gasteiger partial charge < -0.3 is 10.1 Å². The number of nitrogens with zero attached hydrogens (tertiary/aromatic N) is 2. The largest absolute Gasteiger partial charge is 0.371 e. The lowest BCUT2D eigenvalue weighted by atomic mass is 10.2. The highest BCUT2D eigenvalue weighted by Gasteiger charge is 2.09. The van der Waals surface area contributed by atoms with Crippen molar-refractivity contribution in [3.8, 4) is 0 Å². The highest BCUT2D eigenvalue weighted by molar-refractivity contribution is 5.81. The van der Waals surface area contributed by atoms with Gasteiger partial charge in [-0.1, -0.05) is 18.2 Å². The highest BCUT2D eigenvalue weighted by Crippen LogP contribution is 2.18. The Labute approximate surface area is 102 Å². The summed E-state index contributed by atoms with van der Waals surface area (Å²) in [6, 6.07) is 8.22. The van der Waals surface area contributed by atoms with Gasteiger partial charge in [0.25, 0.3) is 0 Å². The van der Waals surface area contributed by atoms with Gasteiger partial charge in [-0.3, -0.25) is 4.68 Å². The standard InChI is InChI=1S/C13H19N3O/c1-10(8-14-2)17-9-12-11-6-4-5-7-13(11)16(3)15-12/h4-7,10,14H,8-9H2,1-3H3. The van der Waals surface area contributed by atoms with Crippen LogP contribution in [0.25, 0.3) is 10.9 Å². The Morgan fingerprint density at radius 3 is 2.94 bits per heavy atom.